The molecule has 2 aromatic rings. The van der Waals surface area contributed by atoms with Crippen molar-refractivity contribution in [1.82, 2.24) is 4.98 Å². The third-order valence-electron chi connectivity index (χ3n) is 2.43. The topological polar surface area (TPSA) is 94.4 Å². The maximum absolute atomic E-state index is 11.1. The van der Waals surface area contributed by atoms with E-state index in [0.29, 0.717) is 10.8 Å². The standard InChI is InChI=1S/C11H8Cl2N4O2/c12-4-10(14)16-11-7-5-15-2-1-6(7)8(13)3-9(11)17(18)19/h1-3,5H,4H2,(H2,14,16). The van der Waals surface area contributed by atoms with Crippen molar-refractivity contribution in [2.24, 2.45) is 10.7 Å². The minimum atomic E-state index is -0.571. The summed E-state index contributed by atoms with van der Waals surface area (Å²) in [7, 11) is 0. The van der Waals surface area contributed by atoms with E-state index in [9.17, 15) is 10.1 Å². The Kier molecular flexibility index (Phi) is 3.82. The molecule has 2 N–H and O–H groups in total. The van der Waals surface area contributed by atoms with E-state index >= 15 is 0 Å². The molecule has 1 aromatic carbocycles. The lowest BCUT2D eigenvalue weighted by atomic mass is 10.1. The van der Waals surface area contributed by atoms with Gasteiger partial charge in [0, 0.05) is 29.2 Å². The van der Waals surface area contributed by atoms with Gasteiger partial charge in [-0.05, 0) is 6.07 Å². The molecule has 0 spiro atoms. The predicted octanol–water partition coefficient (Wildman–Crippen LogP) is 3.02. The van der Waals surface area contributed by atoms with Gasteiger partial charge in [0.2, 0.25) is 0 Å². The van der Waals surface area contributed by atoms with Gasteiger partial charge in [0.1, 0.15) is 5.84 Å². The molecule has 0 saturated carbocycles. The van der Waals surface area contributed by atoms with Gasteiger partial charge >= 0.3 is 0 Å². The fraction of sp³-hybridized carbons (Fsp3) is 0.0909. The number of fused-ring (bicyclic) bond motifs is 1. The Hall–Kier alpha value is -1.92. The number of hydrogen-bond donors (Lipinski definition) is 1. The number of halogens is 2. The second kappa shape index (κ2) is 5.38. The Labute approximate surface area is 118 Å². The van der Waals surface area contributed by atoms with Crippen molar-refractivity contribution in [2.45, 2.75) is 0 Å². The molecular weight excluding hydrogens is 291 g/mol. The van der Waals surface area contributed by atoms with Crippen LogP contribution in [0.3, 0.4) is 0 Å². The summed E-state index contributed by atoms with van der Waals surface area (Å²) in [5.74, 6) is 0.0545. The lowest BCUT2D eigenvalue weighted by molar-refractivity contribution is -0.383. The lowest BCUT2D eigenvalue weighted by Crippen LogP contribution is -2.12. The van der Waals surface area contributed by atoms with Crippen LogP contribution in [0.2, 0.25) is 5.02 Å². The van der Waals surface area contributed by atoms with Gasteiger partial charge in [-0.2, -0.15) is 0 Å². The highest BCUT2D eigenvalue weighted by Gasteiger charge is 2.19. The summed E-state index contributed by atoms with van der Waals surface area (Å²) in [5.41, 5.74) is 5.41. The predicted molar refractivity (Wildman–Crippen MR) is 75.4 cm³/mol. The van der Waals surface area contributed by atoms with Crippen LogP contribution in [0.25, 0.3) is 10.8 Å². The molecule has 8 heteroatoms. The molecule has 19 heavy (non-hydrogen) atoms. The lowest BCUT2D eigenvalue weighted by Gasteiger charge is -2.05. The minimum Gasteiger partial charge on any atom is -0.386 e. The molecule has 2 rings (SSSR count). The van der Waals surface area contributed by atoms with Crippen LogP contribution in [0.15, 0.2) is 29.5 Å². The maximum atomic E-state index is 11.1. The average molecular weight is 299 g/mol. The van der Waals surface area contributed by atoms with Gasteiger partial charge in [-0.15, -0.1) is 11.6 Å². The molecular formula is C11H8Cl2N4O2. The monoisotopic (exact) mass is 298 g/mol. The number of nitrogens with two attached hydrogens (primary N) is 1. The summed E-state index contributed by atoms with van der Waals surface area (Å²) < 4.78 is 0. The van der Waals surface area contributed by atoms with Gasteiger partial charge in [0.15, 0.2) is 5.69 Å². The van der Waals surface area contributed by atoms with Crippen molar-refractivity contribution in [2.75, 3.05) is 5.88 Å². The van der Waals surface area contributed by atoms with Gasteiger partial charge in [-0.3, -0.25) is 15.1 Å². The number of alkyl halides is 1. The third kappa shape index (κ3) is 2.59. The van der Waals surface area contributed by atoms with Crippen molar-refractivity contribution >= 4 is 51.2 Å². The van der Waals surface area contributed by atoms with E-state index in [1.807, 2.05) is 0 Å². The van der Waals surface area contributed by atoms with E-state index in [0.717, 1.165) is 0 Å². The number of benzene rings is 1. The molecule has 1 aromatic heterocycles. The van der Waals surface area contributed by atoms with Gasteiger partial charge in [-0.1, -0.05) is 11.6 Å². The molecule has 0 fully saturated rings. The van der Waals surface area contributed by atoms with Crippen LogP contribution in [0.4, 0.5) is 11.4 Å². The molecule has 0 aliphatic rings. The highest BCUT2D eigenvalue weighted by molar-refractivity contribution is 6.36. The summed E-state index contributed by atoms with van der Waals surface area (Å²) in [6.45, 7) is 0. The van der Waals surface area contributed by atoms with Crippen molar-refractivity contribution in [3.05, 3.63) is 39.7 Å². The zero-order chi connectivity index (χ0) is 14.0. The molecule has 6 nitrogen and oxygen atoms in total. The summed E-state index contributed by atoms with van der Waals surface area (Å²) in [6.07, 6.45) is 2.99. The summed E-state index contributed by atoms with van der Waals surface area (Å²) in [4.78, 5) is 18.4. The second-order valence-corrected chi connectivity index (χ2v) is 4.32. The molecule has 0 bridgehead atoms. The van der Waals surface area contributed by atoms with E-state index in [2.05, 4.69) is 9.98 Å². The number of nitrogens with zero attached hydrogens (tertiary/aromatic N) is 3. The molecule has 0 atom stereocenters. The average Bonchev–Trinajstić information content (AvgIpc) is 2.41. The van der Waals surface area contributed by atoms with Gasteiger partial charge < -0.3 is 5.73 Å². The molecule has 98 valence electrons. The van der Waals surface area contributed by atoms with Crippen LogP contribution in [0.5, 0.6) is 0 Å². The van der Waals surface area contributed by atoms with Crippen LogP contribution in [0, 0.1) is 10.1 Å². The number of aromatic nitrogens is 1. The quantitative estimate of drug-likeness (QED) is 0.310. The molecule has 0 aliphatic heterocycles. The largest absolute Gasteiger partial charge is 0.386 e. The SMILES string of the molecule is NC(CCl)=Nc1c([N+](=O)[O-])cc(Cl)c2ccncc12. The van der Waals surface area contributed by atoms with E-state index in [4.69, 9.17) is 28.9 Å². The number of pyridine rings is 1. The first-order chi connectivity index (χ1) is 9.04. The van der Waals surface area contributed by atoms with Crippen LogP contribution in [-0.2, 0) is 0 Å². The fourth-order valence-corrected chi connectivity index (χ4v) is 1.95. The first-order valence-electron chi connectivity index (χ1n) is 5.14. The Bertz CT molecular complexity index is 688. The summed E-state index contributed by atoms with van der Waals surface area (Å²) in [6, 6.07) is 2.89. The fourth-order valence-electron chi connectivity index (χ4n) is 1.63. The second-order valence-electron chi connectivity index (χ2n) is 3.64. The zero-order valence-corrected chi connectivity index (χ0v) is 11.0. The minimum absolute atomic E-state index is 0.0263. The normalized spacial score (nSPS) is 11.8. The van der Waals surface area contributed by atoms with Gasteiger partial charge in [0.25, 0.3) is 5.69 Å². The number of nitro groups is 1. The van der Waals surface area contributed by atoms with E-state index in [-0.39, 0.29) is 28.1 Å². The molecule has 0 saturated heterocycles. The Balaban J connectivity index is 2.87. The number of nitro benzene ring substituents is 1. The summed E-state index contributed by atoms with van der Waals surface area (Å²) in [5, 5.41) is 12.4. The van der Waals surface area contributed by atoms with Crippen molar-refractivity contribution < 1.29 is 4.92 Å². The smallest absolute Gasteiger partial charge is 0.297 e. The van der Waals surface area contributed by atoms with Gasteiger partial charge in [0.05, 0.1) is 15.8 Å². The van der Waals surface area contributed by atoms with Crippen LogP contribution >= 0.6 is 23.2 Å². The number of rotatable bonds is 3. The van der Waals surface area contributed by atoms with Crippen LogP contribution in [-0.4, -0.2) is 21.6 Å². The highest BCUT2D eigenvalue weighted by Crippen LogP contribution is 2.39. The first-order valence-corrected chi connectivity index (χ1v) is 6.05. The molecule has 1 heterocycles. The van der Waals surface area contributed by atoms with Crippen LogP contribution in [0.1, 0.15) is 0 Å². The van der Waals surface area contributed by atoms with Crippen molar-refractivity contribution in [1.29, 1.82) is 0 Å². The molecule has 0 amide bonds. The van der Waals surface area contributed by atoms with E-state index in [1.165, 1.54) is 12.3 Å². The number of hydrogen-bond acceptors (Lipinski definition) is 4. The summed E-state index contributed by atoms with van der Waals surface area (Å²) >= 11 is 11.6. The maximum Gasteiger partial charge on any atom is 0.297 e. The molecule has 0 aliphatic carbocycles. The van der Waals surface area contributed by atoms with Crippen molar-refractivity contribution in [3.63, 3.8) is 0 Å². The third-order valence-corrected chi connectivity index (χ3v) is 3.02. The van der Waals surface area contributed by atoms with Crippen LogP contribution < -0.4 is 5.73 Å². The molecule has 0 unspecified atom stereocenters. The molecule has 0 radical (unpaired) electrons. The Morgan fingerprint density at radius 1 is 1.53 bits per heavy atom. The zero-order valence-electron chi connectivity index (χ0n) is 9.51. The van der Waals surface area contributed by atoms with Gasteiger partial charge in [-0.25, -0.2) is 4.99 Å². The Morgan fingerprint density at radius 3 is 2.89 bits per heavy atom. The Morgan fingerprint density at radius 2 is 2.26 bits per heavy atom. The first kappa shape index (κ1) is 13.5. The van der Waals surface area contributed by atoms with Crippen molar-refractivity contribution in [3.8, 4) is 0 Å². The number of amidine groups is 1. The number of aliphatic imine (C=N–C) groups is 1. The van der Waals surface area contributed by atoms with E-state index < -0.39 is 4.92 Å². The highest BCUT2D eigenvalue weighted by atomic mass is 35.5. The van der Waals surface area contributed by atoms with E-state index in [1.54, 1.807) is 12.3 Å².